The molecule has 1 aliphatic rings. The summed E-state index contributed by atoms with van der Waals surface area (Å²) < 4.78 is 0. The zero-order valence-corrected chi connectivity index (χ0v) is 12.4. The summed E-state index contributed by atoms with van der Waals surface area (Å²) in [6, 6.07) is 0.784. The molecule has 0 aromatic rings. The summed E-state index contributed by atoms with van der Waals surface area (Å²) in [4.78, 5) is 16.2. The molecule has 0 bridgehead atoms. The number of likely N-dealkylation sites (tertiary alicyclic amines) is 1. The normalized spacial score (nSPS) is 24.1. The molecule has 2 amide bonds. The van der Waals surface area contributed by atoms with Crippen LogP contribution in [0.25, 0.3) is 0 Å². The lowest BCUT2D eigenvalue weighted by molar-refractivity contribution is 0.121. The molecular weight excluding hydrogens is 226 g/mol. The average Bonchev–Trinajstić information content (AvgIpc) is 2.38. The van der Waals surface area contributed by atoms with Crippen molar-refractivity contribution in [2.45, 2.75) is 46.6 Å². The predicted octanol–water partition coefficient (Wildman–Crippen LogP) is 2.16. The second-order valence-electron chi connectivity index (χ2n) is 5.23. The van der Waals surface area contributed by atoms with E-state index in [1.807, 2.05) is 23.6 Å². The van der Waals surface area contributed by atoms with Gasteiger partial charge < -0.3 is 15.1 Å². The van der Waals surface area contributed by atoms with Crippen LogP contribution in [-0.2, 0) is 0 Å². The van der Waals surface area contributed by atoms with E-state index in [9.17, 15) is 4.79 Å². The average molecular weight is 255 g/mol. The first-order valence-corrected chi connectivity index (χ1v) is 7.41. The number of nitrogens with one attached hydrogen (secondary N) is 1. The molecule has 106 valence electrons. The number of urea groups is 1. The Hall–Kier alpha value is -0.770. The molecule has 1 N–H and O–H groups in total. The third kappa shape index (κ3) is 3.87. The topological polar surface area (TPSA) is 35.6 Å². The molecular formula is C14H29N3O. The van der Waals surface area contributed by atoms with E-state index >= 15 is 0 Å². The summed E-state index contributed by atoms with van der Waals surface area (Å²) in [5, 5.41) is 3.59. The fourth-order valence-corrected chi connectivity index (χ4v) is 2.65. The Morgan fingerprint density at radius 3 is 2.50 bits per heavy atom. The van der Waals surface area contributed by atoms with Crippen molar-refractivity contribution >= 4 is 6.03 Å². The van der Waals surface area contributed by atoms with Gasteiger partial charge in [0.1, 0.15) is 0 Å². The first-order valence-electron chi connectivity index (χ1n) is 7.41. The molecule has 0 saturated carbocycles. The minimum Gasteiger partial charge on any atom is -0.325 e. The van der Waals surface area contributed by atoms with Gasteiger partial charge >= 0.3 is 6.03 Å². The van der Waals surface area contributed by atoms with Crippen LogP contribution in [0.3, 0.4) is 0 Å². The fourth-order valence-electron chi connectivity index (χ4n) is 2.65. The second-order valence-corrected chi connectivity index (χ2v) is 5.23. The molecule has 1 fully saturated rings. The van der Waals surface area contributed by atoms with Gasteiger partial charge in [-0.25, -0.2) is 4.79 Å². The first-order chi connectivity index (χ1) is 8.63. The third-order valence-corrected chi connectivity index (χ3v) is 3.87. The Morgan fingerprint density at radius 2 is 2.00 bits per heavy atom. The van der Waals surface area contributed by atoms with Crippen LogP contribution in [0.2, 0.25) is 0 Å². The predicted molar refractivity (Wildman–Crippen MR) is 75.8 cm³/mol. The van der Waals surface area contributed by atoms with E-state index in [0.717, 1.165) is 39.1 Å². The molecule has 4 nitrogen and oxygen atoms in total. The number of carbonyl (C=O) groups is 1. The summed E-state index contributed by atoms with van der Waals surface area (Å²) in [5.41, 5.74) is 0. The van der Waals surface area contributed by atoms with Gasteiger partial charge in [0.15, 0.2) is 0 Å². The number of piperidine rings is 1. The molecule has 1 saturated heterocycles. The van der Waals surface area contributed by atoms with Crippen LogP contribution in [0.15, 0.2) is 0 Å². The second kappa shape index (κ2) is 7.62. The molecule has 18 heavy (non-hydrogen) atoms. The summed E-state index contributed by atoms with van der Waals surface area (Å²) >= 11 is 0. The van der Waals surface area contributed by atoms with E-state index in [0.29, 0.717) is 12.0 Å². The maximum atomic E-state index is 12.3. The Labute approximate surface area is 112 Å². The highest BCUT2D eigenvalue weighted by atomic mass is 16.2. The number of carbonyl (C=O) groups excluding carboxylic acids is 1. The SMILES string of the molecule is CCCNC1CCN(C(=O)N(CC)CC)CC1C. The van der Waals surface area contributed by atoms with Crippen LogP contribution in [0.1, 0.15) is 40.5 Å². The van der Waals surface area contributed by atoms with E-state index in [-0.39, 0.29) is 6.03 Å². The third-order valence-electron chi connectivity index (χ3n) is 3.87. The molecule has 1 aliphatic heterocycles. The van der Waals surface area contributed by atoms with Crippen LogP contribution >= 0.6 is 0 Å². The zero-order valence-electron chi connectivity index (χ0n) is 12.4. The number of nitrogens with zero attached hydrogens (tertiary/aromatic N) is 2. The van der Waals surface area contributed by atoms with Crippen molar-refractivity contribution in [2.24, 2.45) is 5.92 Å². The maximum absolute atomic E-state index is 12.3. The van der Waals surface area contributed by atoms with Crippen LogP contribution in [0, 0.1) is 5.92 Å². The monoisotopic (exact) mass is 255 g/mol. The molecule has 0 radical (unpaired) electrons. The van der Waals surface area contributed by atoms with Crippen molar-refractivity contribution in [2.75, 3.05) is 32.7 Å². The van der Waals surface area contributed by atoms with Gasteiger partial charge in [-0.1, -0.05) is 13.8 Å². The standard InChI is InChI=1S/C14H29N3O/c1-5-9-15-13-8-10-17(11-12(13)4)14(18)16(6-2)7-3/h12-13,15H,5-11H2,1-4H3. The summed E-state index contributed by atoms with van der Waals surface area (Å²) in [5.74, 6) is 0.546. The van der Waals surface area contributed by atoms with Gasteiger partial charge in [0, 0.05) is 32.2 Å². The number of rotatable bonds is 5. The lowest BCUT2D eigenvalue weighted by Gasteiger charge is -2.39. The highest BCUT2D eigenvalue weighted by Gasteiger charge is 2.29. The molecule has 2 atom stereocenters. The Bertz CT molecular complexity index is 253. The van der Waals surface area contributed by atoms with Gasteiger partial charge in [-0.05, 0) is 39.2 Å². The fraction of sp³-hybridized carbons (Fsp3) is 0.929. The minimum absolute atomic E-state index is 0.209. The largest absolute Gasteiger partial charge is 0.325 e. The Balaban J connectivity index is 2.47. The maximum Gasteiger partial charge on any atom is 0.319 e. The molecule has 0 aromatic heterocycles. The van der Waals surface area contributed by atoms with Crippen LogP contribution in [0.5, 0.6) is 0 Å². The van der Waals surface area contributed by atoms with E-state index < -0.39 is 0 Å². The molecule has 0 aliphatic carbocycles. The molecule has 1 heterocycles. The number of hydrogen-bond donors (Lipinski definition) is 1. The molecule has 2 unspecified atom stereocenters. The smallest absolute Gasteiger partial charge is 0.319 e. The Morgan fingerprint density at radius 1 is 1.33 bits per heavy atom. The summed E-state index contributed by atoms with van der Waals surface area (Å²) in [6.07, 6.45) is 2.25. The highest BCUT2D eigenvalue weighted by Crippen LogP contribution is 2.18. The van der Waals surface area contributed by atoms with E-state index in [2.05, 4.69) is 19.2 Å². The van der Waals surface area contributed by atoms with Crippen LogP contribution in [-0.4, -0.2) is 54.6 Å². The van der Waals surface area contributed by atoms with Gasteiger partial charge in [0.25, 0.3) is 0 Å². The van der Waals surface area contributed by atoms with Crippen molar-refractivity contribution < 1.29 is 4.79 Å². The zero-order chi connectivity index (χ0) is 13.5. The number of amides is 2. The molecule has 0 aromatic carbocycles. The van der Waals surface area contributed by atoms with Gasteiger partial charge in [-0.2, -0.15) is 0 Å². The van der Waals surface area contributed by atoms with Gasteiger partial charge in [-0.15, -0.1) is 0 Å². The number of hydrogen-bond acceptors (Lipinski definition) is 2. The minimum atomic E-state index is 0.209. The van der Waals surface area contributed by atoms with E-state index in [4.69, 9.17) is 0 Å². The summed E-state index contributed by atoms with van der Waals surface area (Å²) in [6.45, 7) is 13.0. The van der Waals surface area contributed by atoms with E-state index in [1.54, 1.807) is 0 Å². The van der Waals surface area contributed by atoms with Crippen LogP contribution in [0.4, 0.5) is 4.79 Å². The lowest BCUT2D eigenvalue weighted by atomic mass is 9.94. The quantitative estimate of drug-likeness (QED) is 0.817. The molecule has 4 heteroatoms. The van der Waals surface area contributed by atoms with E-state index in [1.165, 1.54) is 6.42 Å². The van der Waals surface area contributed by atoms with Crippen molar-refractivity contribution in [3.8, 4) is 0 Å². The van der Waals surface area contributed by atoms with Crippen molar-refractivity contribution in [3.05, 3.63) is 0 Å². The first kappa shape index (κ1) is 15.3. The lowest BCUT2D eigenvalue weighted by Crippen LogP contribution is -2.53. The van der Waals surface area contributed by atoms with Crippen molar-refractivity contribution in [1.82, 2.24) is 15.1 Å². The van der Waals surface area contributed by atoms with Crippen molar-refractivity contribution in [1.29, 1.82) is 0 Å². The molecule has 1 rings (SSSR count). The molecule has 0 spiro atoms. The van der Waals surface area contributed by atoms with Gasteiger partial charge in [0.05, 0.1) is 0 Å². The van der Waals surface area contributed by atoms with Gasteiger partial charge in [0.2, 0.25) is 0 Å². The van der Waals surface area contributed by atoms with Crippen molar-refractivity contribution in [3.63, 3.8) is 0 Å². The van der Waals surface area contributed by atoms with Gasteiger partial charge in [-0.3, -0.25) is 0 Å². The van der Waals surface area contributed by atoms with Crippen LogP contribution < -0.4 is 5.32 Å². The highest BCUT2D eigenvalue weighted by molar-refractivity contribution is 5.74. The Kier molecular flexibility index (Phi) is 6.47. The summed E-state index contributed by atoms with van der Waals surface area (Å²) in [7, 11) is 0.